The molecular weight excluding hydrogens is 276 g/mol. The monoisotopic (exact) mass is 290 g/mol. The van der Waals surface area contributed by atoms with Crippen molar-refractivity contribution in [2.24, 2.45) is 0 Å². The SMILES string of the molecule is CCc1nc(Br)cc(-c2cccc(C)c2C)n1. The first-order valence-corrected chi connectivity index (χ1v) is 6.51. The van der Waals surface area contributed by atoms with Crippen LogP contribution in [-0.4, -0.2) is 9.97 Å². The van der Waals surface area contributed by atoms with Crippen molar-refractivity contribution in [2.45, 2.75) is 27.2 Å². The molecule has 88 valence electrons. The fourth-order valence-corrected chi connectivity index (χ4v) is 2.21. The fraction of sp³-hybridized carbons (Fsp3) is 0.286. The van der Waals surface area contributed by atoms with Gasteiger partial charge in [-0.25, -0.2) is 9.97 Å². The molecule has 0 fully saturated rings. The number of benzene rings is 1. The van der Waals surface area contributed by atoms with E-state index in [2.05, 4.69) is 64.9 Å². The van der Waals surface area contributed by atoms with Gasteiger partial charge in [-0.3, -0.25) is 0 Å². The summed E-state index contributed by atoms with van der Waals surface area (Å²) >= 11 is 3.44. The molecule has 1 heterocycles. The van der Waals surface area contributed by atoms with Crippen molar-refractivity contribution in [2.75, 3.05) is 0 Å². The highest BCUT2D eigenvalue weighted by atomic mass is 79.9. The van der Waals surface area contributed by atoms with Crippen molar-refractivity contribution in [3.05, 3.63) is 45.8 Å². The molecule has 17 heavy (non-hydrogen) atoms. The van der Waals surface area contributed by atoms with Crippen LogP contribution in [0.4, 0.5) is 0 Å². The minimum atomic E-state index is 0.845. The Morgan fingerprint density at radius 1 is 1.18 bits per heavy atom. The molecule has 0 atom stereocenters. The summed E-state index contributed by atoms with van der Waals surface area (Å²) in [5, 5.41) is 0. The number of nitrogens with zero attached hydrogens (tertiary/aromatic N) is 2. The molecule has 0 spiro atoms. The average Bonchev–Trinajstić information content (AvgIpc) is 2.31. The molecule has 0 aliphatic carbocycles. The third-order valence-corrected chi connectivity index (χ3v) is 3.34. The minimum absolute atomic E-state index is 0.845. The number of hydrogen-bond acceptors (Lipinski definition) is 2. The van der Waals surface area contributed by atoms with E-state index in [4.69, 9.17) is 0 Å². The van der Waals surface area contributed by atoms with Crippen molar-refractivity contribution in [3.8, 4) is 11.3 Å². The molecule has 2 rings (SSSR count). The van der Waals surface area contributed by atoms with E-state index in [9.17, 15) is 0 Å². The van der Waals surface area contributed by atoms with Gasteiger partial charge in [-0.05, 0) is 47.0 Å². The number of halogens is 1. The van der Waals surface area contributed by atoms with Crippen LogP contribution in [0.3, 0.4) is 0 Å². The van der Waals surface area contributed by atoms with Crippen molar-refractivity contribution < 1.29 is 0 Å². The second kappa shape index (κ2) is 4.96. The summed E-state index contributed by atoms with van der Waals surface area (Å²) in [6.45, 7) is 6.32. The molecule has 0 saturated carbocycles. The zero-order valence-electron chi connectivity index (χ0n) is 10.3. The van der Waals surface area contributed by atoms with Crippen LogP contribution in [0.2, 0.25) is 0 Å². The Labute approximate surface area is 110 Å². The molecule has 0 N–H and O–H groups in total. The molecule has 0 radical (unpaired) electrons. The summed E-state index contributed by atoms with van der Waals surface area (Å²) in [7, 11) is 0. The predicted octanol–water partition coefficient (Wildman–Crippen LogP) is 4.09. The van der Waals surface area contributed by atoms with Crippen LogP contribution in [-0.2, 0) is 6.42 Å². The van der Waals surface area contributed by atoms with E-state index in [1.165, 1.54) is 16.7 Å². The van der Waals surface area contributed by atoms with E-state index in [1.807, 2.05) is 6.07 Å². The predicted molar refractivity (Wildman–Crippen MR) is 74.0 cm³/mol. The lowest BCUT2D eigenvalue weighted by Crippen LogP contribution is -1.97. The molecular formula is C14H15BrN2. The first-order chi connectivity index (χ1) is 8.11. The Hall–Kier alpha value is -1.22. The van der Waals surface area contributed by atoms with E-state index >= 15 is 0 Å². The molecule has 3 heteroatoms. The summed E-state index contributed by atoms with van der Waals surface area (Å²) in [6.07, 6.45) is 0.845. The Kier molecular flexibility index (Phi) is 3.57. The quantitative estimate of drug-likeness (QED) is 0.779. The maximum atomic E-state index is 4.58. The van der Waals surface area contributed by atoms with Gasteiger partial charge in [0.2, 0.25) is 0 Å². The van der Waals surface area contributed by atoms with E-state index in [0.717, 1.165) is 22.5 Å². The molecule has 1 aromatic heterocycles. The molecule has 1 aromatic carbocycles. The van der Waals surface area contributed by atoms with Crippen molar-refractivity contribution in [3.63, 3.8) is 0 Å². The van der Waals surface area contributed by atoms with Crippen molar-refractivity contribution in [1.82, 2.24) is 9.97 Å². The van der Waals surface area contributed by atoms with Crippen LogP contribution in [0.15, 0.2) is 28.9 Å². The van der Waals surface area contributed by atoms with Gasteiger partial charge in [0, 0.05) is 12.0 Å². The Bertz CT molecular complexity index is 550. The summed E-state index contributed by atoms with van der Waals surface area (Å²) in [5.74, 6) is 0.871. The molecule has 0 amide bonds. The van der Waals surface area contributed by atoms with Gasteiger partial charge in [-0.2, -0.15) is 0 Å². The summed E-state index contributed by atoms with van der Waals surface area (Å²) in [5.41, 5.74) is 4.74. The van der Waals surface area contributed by atoms with Crippen LogP contribution in [0.5, 0.6) is 0 Å². The van der Waals surface area contributed by atoms with Crippen LogP contribution >= 0.6 is 15.9 Å². The van der Waals surface area contributed by atoms with Crippen LogP contribution < -0.4 is 0 Å². The average molecular weight is 291 g/mol. The lowest BCUT2D eigenvalue weighted by Gasteiger charge is -2.09. The summed E-state index contributed by atoms with van der Waals surface area (Å²) < 4.78 is 0.847. The summed E-state index contributed by atoms with van der Waals surface area (Å²) in [6, 6.07) is 8.27. The third kappa shape index (κ3) is 2.55. The second-order valence-corrected chi connectivity index (χ2v) is 4.91. The van der Waals surface area contributed by atoms with Gasteiger partial charge in [0.05, 0.1) is 5.69 Å². The number of aryl methyl sites for hydroxylation is 2. The Balaban J connectivity index is 2.60. The summed E-state index contributed by atoms with van der Waals surface area (Å²) in [4.78, 5) is 8.92. The van der Waals surface area contributed by atoms with Crippen molar-refractivity contribution in [1.29, 1.82) is 0 Å². The molecule has 0 aliphatic heterocycles. The van der Waals surface area contributed by atoms with Gasteiger partial charge < -0.3 is 0 Å². The first-order valence-electron chi connectivity index (χ1n) is 5.72. The molecule has 0 unspecified atom stereocenters. The van der Waals surface area contributed by atoms with Crippen LogP contribution in [0.25, 0.3) is 11.3 Å². The van der Waals surface area contributed by atoms with E-state index in [-0.39, 0.29) is 0 Å². The lowest BCUT2D eigenvalue weighted by molar-refractivity contribution is 0.931. The van der Waals surface area contributed by atoms with Crippen LogP contribution in [0.1, 0.15) is 23.9 Å². The Morgan fingerprint density at radius 3 is 2.65 bits per heavy atom. The van der Waals surface area contributed by atoms with E-state index in [1.54, 1.807) is 0 Å². The molecule has 0 bridgehead atoms. The maximum absolute atomic E-state index is 4.58. The normalized spacial score (nSPS) is 10.6. The van der Waals surface area contributed by atoms with Gasteiger partial charge in [-0.1, -0.05) is 25.1 Å². The lowest BCUT2D eigenvalue weighted by atomic mass is 10.0. The minimum Gasteiger partial charge on any atom is -0.233 e. The highest BCUT2D eigenvalue weighted by molar-refractivity contribution is 9.10. The number of aromatic nitrogens is 2. The van der Waals surface area contributed by atoms with Gasteiger partial charge in [0.1, 0.15) is 10.4 Å². The van der Waals surface area contributed by atoms with Gasteiger partial charge >= 0.3 is 0 Å². The fourth-order valence-electron chi connectivity index (χ4n) is 1.79. The highest BCUT2D eigenvalue weighted by Crippen LogP contribution is 2.25. The smallest absolute Gasteiger partial charge is 0.130 e. The first kappa shape index (κ1) is 12.2. The van der Waals surface area contributed by atoms with Gasteiger partial charge in [0.25, 0.3) is 0 Å². The zero-order chi connectivity index (χ0) is 12.4. The molecule has 0 saturated heterocycles. The standard InChI is InChI=1S/C14H15BrN2/c1-4-14-16-12(8-13(15)17-14)11-7-5-6-9(2)10(11)3/h5-8H,4H2,1-3H3. The largest absolute Gasteiger partial charge is 0.233 e. The molecule has 2 aromatic rings. The Morgan fingerprint density at radius 2 is 1.94 bits per heavy atom. The van der Waals surface area contributed by atoms with E-state index < -0.39 is 0 Å². The van der Waals surface area contributed by atoms with Gasteiger partial charge in [-0.15, -0.1) is 0 Å². The topological polar surface area (TPSA) is 25.8 Å². The van der Waals surface area contributed by atoms with Gasteiger partial charge in [0.15, 0.2) is 0 Å². The third-order valence-electron chi connectivity index (χ3n) is 2.94. The highest BCUT2D eigenvalue weighted by Gasteiger charge is 2.07. The van der Waals surface area contributed by atoms with E-state index in [0.29, 0.717) is 0 Å². The second-order valence-electron chi connectivity index (χ2n) is 4.09. The van der Waals surface area contributed by atoms with Crippen molar-refractivity contribution >= 4 is 15.9 Å². The molecule has 2 nitrogen and oxygen atoms in total. The number of hydrogen-bond donors (Lipinski definition) is 0. The molecule has 0 aliphatic rings. The number of rotatable bonds is 2. The maximum Gasteiger partial charge on any atom is 0.130 e. The zero-order valence-corrected chi connectivity index (χ0v) is 11.9. The van der Waals surface area contributed by atoms with Crippen LogP contribution in [0, 0.1) is 13.8 Å².